The lowest BCUT2D eigenvalue weighted by Gasteiger charge is -2.06. The van der Waals surface area contributed by atoms with Crippen LogP contribution < -0.4 is 11.3 Å². The van der Waals surface area contributed by atoms with Gasteiger partial charge in [-0.15, -0.1) is 0 Å². The number of pyridine rings is 1. The second-order valence-corrected chi connectivity index (χ2v) is 2.78. The second kappa shape index (κ2) is 3.75. The van der Waals surface area contributed by atoms with Gasteiger partial charge in [0, 0.05) is 6.20 Å². The van der Waals surface area contributed by atoms with Crippen molar-refractivity contribution >= 4 is 22.5 Å². The number of alkyl halides is 2. The highest BCUT2D eigenvalue weighted by atomic mass is 35.5. The van der Waals surface area contributed by atoms with Crippen LogP contribution in [0.25, 0.3) is 0 Å². The smallest absolute Gasteiger partial charge is 0.266 e. The molecule has 3 N–H and O–H groups in total. The standard InChI is InChI=1S/C7H5ClF2N2O2/c8-5(13)4-3(6(9)10)2(11)1-12-7(4)14/h1,6H,11H2,(H,12,14). The lowest BCUT2D eigenvalue weighted by molar-refractivity contribution is 0.106. The summed E-state index contributed by atoms with van der Waals surface area (Å²) < 4.78 is 24.8. The molecule has 14 heavy (non-hydrogen) atoms. The predicted molar refractivity (Wildman–Crippen MR) is 46.6 cm³/mol. The summed E-state index contributed by atoms with van der Waals surface area (Å²) in [6.45, 7) is 0. The van der Waals surface area contributed by atoms with Crippen LogP contribution in [0, 0.1) is 0 Å². The van der Waals surface area contributed by atoms with Crippen LogP contribution in [-0.2, 0) is 0 Å². The van der Waals surface area contributed by atoms with E-state index in [1.807, 2.05) is 4.98 Å². The molecule has 0 radical (unpaired) electrons. The van der Waals surface area contributed by atoms with E-state index in [-0.39, 0.29) is 5.69 Å². The van der Waals surface area contributed by atoms with Gasteiger partial charge in [-0.25, -0.2) is 8.78 Å². The molecule has 0 saturated heterocycles. The van der Waals surface area contributed by atoms with Crippen molar-refractivity contribution in [2.45, 2.75) is 6.43 Å². The molecule has 1 heterocycles. The number of carbonyl (C=O) groups is 1. The highest BCUT2D eigenvalue weighted by molar-refractivity contribution is 6.67. The maximum Gasteiger partial charge on any atom is 0.266 e. The molecule has 0 bridgehead atoms. The minimum atomic E-state index is -3.02. The molecule has 0 aliphatic carbocycles. The number of nitrogens with one attached hydrogen (secondary N) is 1. The molecule has 0 fully saturated rings. The highest BCUT2D eigenvalue weighted by Crippen LogP contribution is 2.26. The van der Waals surface area contributed by atoms with E-state index in [2.05, 4.69) is 0 Å². The van der Waals surface area contributed by atoms with Crippen molar-refractivity contribution in [2.75, 3.05) is 5.73 Å². The number of aromatic amines is 1. The van der Waals surface area contributed by atoms with Crippen LogP contribution in [0.4, 0.5) is 14.5 Å². The largest absolute Gasteiger partial charge is 0.397 e. The fraction of sp³-hybridized carbons (Fsp3) is 0.143. The van der Waals surface area contributed by atoms with Gasteiger partial charge in [-0.05, 0) is 11.6 Å². The maximum absolute atomic E-state index is 12.4. The third kappa shape index (κ3) is 1.74. The molecule has 1 rings (SSSR count). The summed E-state index contributed by atoms with van der Waals surface area (Å²) in [7, 11) is 0. The van der Waals surface area contributed by atoms with Crippen LogP contribution in [0.3, 0.4) is 0 Å². The first kappa shape index (κ1) is 10.6. The van der Waals surface area contributed by atoms with E-state index < -0.39 is 28.4 Å². The predicted octanol–water partition coefficient (Wildman–Crippen LogP) is 1.27. The Morgan fingerprint density at radius 1 is 1.57 bits per heavy atom. The number of halogens is 3. The Labute approximate surface area is 81.7 Å². The van der Waals surface area contributed by atoms with Gasteiger partial charge < -0.3 is 10.7 Å². The summed E-state index contributed by atoms with van der Waals surface area (Å²) in [4.78, 5) is 23.7. The third-order valence-corrected chi connectivity index (χ3v) is 1.77. The molecule has 0 aliphatic heterocycles. The van der Waals surface area contributed by atoms with Gasteiger partial charge in [0.05, 0.1) is 11.3 Å². The van der Waals surface area contributed by atoms with Crippen molar-refractivity contribution in [3.05, 3.63) is 27.7 Å². The van der Waals surface area contributed by atoms with Crippen molar-refractivity contribution in [1.82, 2.24) is 4.98 Å². The van der Waals surface area contributed by atoms with Gasteiger partial charge in [0.15, 0.2) is 0 Å². The number of nitrogen functional groups attached to an aromatic ring is 1. The van der Waals surface area contributed by atoms with E-state index in [1.54, 1.807) is 0 Å². The second-order valence-electron chi connectivity index (χ2n) is 2.44. The van der Waals surface area contributed by atoms with Gasteiger partial charge in [-0.3, -0.25) is 9.59 Å². The van der Waals surface area contributed by atoms with Crippen LogP contribution in [0.5, 0.6) is 0 Å². The molecule has 4 nitrogen and oxygen atoms in total. The zero-order valence-electron chi connectivity index (χ0n) is 6.68. The minimum Gasteiger partial charge on any atom is -0.397 e. The molecule has 1 aromatic rings. The monoisotopic (exact) mass is 222 g/mol. The number of rotatable bonds is 2. The Hall–Kier alpha value is -1.43. The first-order valence-electron chi connectivity index (χ1n) is 3.44. The molecule has 0 spiro atoms. The summed E-state index contributed by atoms with van der Waals surface area (Å²) in [5.41, 5.74) is 2.19. The fourth-order valence-corrected chi connectivity index (χ4v) is 1.18. The van der Waals surface area contributed by atoms with Crippen LogP contribution in [0.15, 0.2) is 11.0 Å². The summed E-state index contributed by atoms with van der Waals surface area (Å²) in [6.07, 6.45) is -2.12. The molecule has 0 saturated carbocycles. The Balaban J connectivity index is 3.58. The number of hydrogen-bond donors (Lipinski definition) is 2. The molecule has 7 heteroatoms. The molecule has 0 aliphatic rings. The number of carbonyl (C=O) groups excluding carboxylic acids is 1. The van der Waals surface area contributed by atoms with Gasteiger partial charge in [0.2, 0.25) is 0 Å². The summed E-state index contributed by atoms with van der Waals surface area (Å²) >= 11 is 4.98. The molecular weight excluding hydrogens is 218 g/mol. The van der Waals surface area contributed by atoms with Crippen LogP contribution in [0.1, 0.15) is 22.3 Å². The zero-order valence-corrected chi connectivity index (χ0v) is 7.44. The molecule has 1 aromatic heterocycles. The SMILES string of the molecule is Nc1c[nH]c(=O)c(C(=O)Cl)c1C(F)F. The number of anilines is 1. The minimum absolute atomic E-state index is 0.372. The zero-order chi connectivity index (χ0) is 10.9. The Morgan fingerprint density at radius 2 is 2.14 bits per heavy atom. The first-order valence-corrected chi connectivity index (χ1v) is 3.82. The summed E-state index contributed by atoms with van der Waals surface area (Å²) in [5, 5.41) is -1.26. The van der Waals surface area contributed by atoms with E-state index >= 15 is 0 Å². The molecule has 0 atom stereocenters. The number of nitrogens with two attached hydrogens (primary N) is 1. The number of aromatic nitrogens is 1. The summed E-state index contributed by atoms with van der Waals surface area (Å²) in [6, 6.07) is 0. The first-order chi connectivity index (χ1) is 6.45. The number of hydrogen-bond acceptors (Lipinski definition) is 3. The Bertz CT molecular complexity index is 430. The topological polar surface area (TPSA) is 76.0 Å². The van der Waals surface area contributed by atoms with Crippen LogP contribution in [-0.4, -0.2) is 10.2 Å². The lowest BCUT2D eigenvalue weighted by atomic mass is 10.1. The van der Waals surface area contributed by atoms with E-state index in [0.29, 0.717) is 0 Å². The normalized spacial score (nSPS) is 10.6. The van der Waals surface area contributed by atoms with Crippen LogP contribution >= 0.6 is 11.6 Å². The van der Waals surface area contributed by atoms with E-state index in [0.717, 1.165) is 6.20 Å². The van der Waals surface area contributed by atoms with Crippen molar-refractivity contribution < 1.29 is 13.6 Å². The Morgan fingerprint density at radius 3 is 2.50 bits per heavy atom. The van der Waals surface area contributed by atoms with Crippen molar-refractivity contribution in [1.29, 1.82) is 0 Å². The average Bonchev–Trinajstić information content (AvgIpc) is 2.07. The van der Waals surface area contributed by atoms with Gasteiger partial charge in [0.25, 0.3) is 17.2 Å². The quantitative estimate of drug-likeness (QED) is 0.740. The Kier molecular flexibility index (Phi) is 2.85. The molecule has 76 valence electrons. The van der Waals surface area contributed by atoms with Crippen LogP contribution in [0.2, 0.25) is 0 Å². The van der Waals surface area contributed by atoms with Gasteiger partial charge >= 0.3 is 0 Å². The highest BCUT2D eigenvalue weighted by Gasteiger charge is 2.23. The van der Waals surface area contributed by atoms with Gasteiger partial charge in [0.1, 0.15) is 5.56 Å². The van der Waals surface area contributed by atoms with Gasteiger partial charge in [-0.2, -0.15) is 0 Å². The third-order valence-electron chi connectivity index (χ3n) is 1.58. The maximum atomic E-state index is 12.4. The van der Waals surface area contributed by atoms with E-state index in [9.17, 15) is 18.4 Å². The van der Waals surface area contributed by atoms with Crippen molar-refractivity contribution in [2.24, 2.45) is 0 Å². The fourth-order valence-electron chi connectivity index (χ4n) is 0.990. The van der Waals surface area contributed by atoms with Gasteiger partial charge in [-0.1, -0.05) is 0 Å². The molecule has 0 amide bonds. The molecular formula is C7H5ClF2N2O2. The molecule has 0 aromatic carbocycles. The van der Waals surface area contributed by atoms with E-state index in [4.69, 9.17) is 17.3 Å². The lowest BCUT2D eigenvalue weighted by Crippen LogP contribution is -2.19. The van der Waals surface area contributed by atoms with E-state index in [1.165, 1.54) is 0 Å². The molecule has 0 unspecified atom stereocenters. The van der Waals surface area contributed by atoms with Crippen molar-refractivity contribution in [3.63, 3.8) is 0 Å². The van der Waals surface area contributed by atoms with Crippen molar-refractivity contribution in [3.8, 4) is 0 Å². The average molecular weight is 223 g/mol. The summed E-state index contributed by atoms with van der Waals surface area (Å²) in [5.74, 6) is 0. The number of H-pyrrole nitrogens is 1.